The number of nitrogens with zero attached hydrogens (tertiary/aromatic N) is 1. The van der Waals surface area contributed by atoms with Crippen LogP contribution >= 0.6 is 11.8 Å². The summed E-state index contributed by atoms with van der Waals surface area (Å²) >= 11 is 1.87. The first kappa shape index (κ1) is 18.1. The molecule has 122 valence electrons. The van der Waals surface area contributed by atoms with E-state index in [1.807, 2.05) is 23.6 Å². The molecule has 1 fully saturated rings. The second-order valence-corrected chi connectivity index (χ2v) is 6.62. The molecule has 21 heavy (non-hydrogen) atoms. The summed E-state index contributed by atoms with van der Waals surface area (Å²) in [6.45, 7) is 5.60. The van der Waals surface area contributed by atoms with Gasteiger partial charge in [0.15, 0.2) is 0 Å². The molecule has 7 heteroatoms. The van der Waals surface area contributed by atoms with Crippen molar-refractivity contribution in [1.82, 2.24) is 15.5 Å². The first-order valence-electron chi connectivity index (χ1n) is 7.64. The molecule has 0 aromatic carbocycles. The molecule has 0 heterocycles. The summed E-state index contributed by atoms with van der Waals surface area (Å²) in [4.78, 5) is 24.4. The van der Waals surface area contributed by atoms with E-state index in [1.165, 1.54) is 0 Å². The SMILES string of the molecule is CCSCCCNC(=O)NC1CC(N(CC)CC(=O)O)C1. The van der Waals surface area contributed by atoms with Crippen LogP contribution < -0.4 is 10.6 Å². The van der Waals surface area contributed by atoms with E-state index in [2.05, 4.69) is 17.6 Å². The molecule has 0 aromatic heterocycles. The Morgan fingerprint density at radius 1 is 1.33 bits per heavy atom. The lowest BCUT2D eigenvalue weighted by Gasteiger charge is -2.42. The average molecular weight is 317 g/mol. The first-order chi connectivity index (χ1) is 10.1. The predicted octanol–water partition coefficient (Wildman–Crippen LogP) is 1.37. The minimum Gasteiger partial charge on any atom is -0.480 e. The third-order valence-corrected chi connectivity index (χ3v) is 4.65. The van der Waals surface area contributed by atoms with Gasteiger partial charge in [-0.15, -0.1) is 0 Å². The highest BCUT2D eigenvalue weighted by Crippen LogP contribution is 2.25. The first-order valence-corrected chi connectivity index (χ1v) is 8.80. The van der Waals surface area contributed by atoms with Crippen molar-refractivity contribution in [2.75, 3.05) is 31.1 Å². The van der Waals surface area contributed by atoms with Gasteiger partial charge in [-0.1, -0.05) is 13.8 Å². The van der Waals surface area contributed by atoms with Crippen LogP contribution in [-0.4, -0.2) is 65.2 Å². The summed E-state index contributed by atoms with van der Waals surface area (Å²) in [5, 5.41) is 14.6. The summed E-state index contributed by atoms with van der Waals surface area (Å²) in [6.07, 6.45) is 2.65. The fraction of sp³-hybridized carbons (Fsp3) is 0.857. The van der Waals surface area contributed by atoms with Crippen molar-refractivity contribution in [3.63, 3.8) is 0 Å². The molecule has 0 aliphatic heterocycles. The Hall–Kier alpha value is -0.950. The number of urea groups is 1. The van der Waals surface area contributed by atoms with Crippen LogP contribution in [0.4, 0.5) is 4.79 Å². The fourth-order valence-corrected chi connectivity index (χ4v) is 3.07. The van der Waals surface area contributed by atoms with Crippen LogP contribution in [0, 0.1) is 0 Å². The molecule has 2 amide bonds. The standard InChI is InChI=1S/C14H27N3O3S/c1-3-17(10-13(18)19)12-8-11(9-12)16-14(20)15-6-5-7-21-4-2/h11-12H,3-10H2,1-2H3,(H,18,19)(H2,15,16,20). The summed E-state index contributed by atoms with van der Waals surface area (Å²) in [6, 6.07) is 0.335. The molecule has 0 bridgehead atoms. The van der Waals surface area contributed by atoms with Crippen molar-refractivity contribution < 1.29 is 14.7 Å². The van der Waals surface area contributed by atoms with Gasteiger partial charge in [0.2, 0.25) is 0 Å². The monoisotopic (exact) mass is 317 g/mol. The molecule has 3 N–H and O–H groups in total. The second kappa shape index (κ2) is 9.89. The number of amides is 2. The molecule has 0 radical (unpaired) electrons. The van der Waals surface area contributed by atoms with E-state index in [-0.39, 0.29) is 24.7 Å². The number of rotatable bonds is 10. The lowest BCUT2D eigenvalue weighted by Crippen LogP contribution is -2.56. The summed E-state index contributed by atoms with van der Waals surface area (Å²) < 4.78 is 0. The van der Waals surface area contributed by atoms with E-state index in [0.717, 1.165) is 37.3 Å². The van der Waals surface area contributed by atoms with Gasteiger partial charge in [0.05, 0.1) is 6.54 Å². The van der Waals surface area contributed by atoms with E-state index in [1.54, 1.807) is 0 Å². The molecular formula is C14H27N3O3S. The molecular weight excluding hydrogens is 290 g/mol. The minimum absolute atomic E-state index is 0.0785. The Morgan fingerprint density at radius 2 is 2.05 bits per heavy atom. The quantitative estimate of drug-likeness (QED) is 0.530. The Balaban J connectivity index is 2.10. The molecule has 0 aromatic rings. The number of carboxylic acid groups (broad SMARTS) is 1. The van der Waals surface area contributed by atoms with Crippen molar-refractivity contribution in [2.24, 2.45) is 0 Å². The van der Waals surface area contributed by atoms with Crippen LogP contribution in [-0.2, 0) is 4.79 Å². The number of carboxylic acids is 1. The molecule has 0 saturated heterocycles. The number of likely N-dealkylation sites (N-methyl/N-ethyl adjacent to an activating group) is 1. The highest BCUT2D eigenvalue weighted by atomic mass is 32.2. The van der Waals surface area contributed by atoms with Crippen LogP contribution in [0.15, 0.2) is 0 Å². The molecule has 1 saturated carbocycles. The zero-order valence-corrected chi connectivity index (χ0v) is 13.7. The van der Waals surface area contributed by atoms with E-state index < -0.39 is 5.97 Å². The zero-order valence-electron chi connectivity index (χ0n) is 12.9. The van der Waals surface area contributed by atoms with Crippen LogP contribution in [0.25, 0.3) is 0 Å². The number of aliphatic carboxylic acids is 1. The van der Waals surface area contributed by atoms with Gasteiger partial charge in [-0.3, -0.25) is 9.69 Å². The number of nitrogens with one attached hydrogen (secondary N) is 2. The van der Waals surface area contributed by atoms with Crippen molar-refractivity contribution in [3.8, 4) is 0 Å². The van der Waals surface area contributed by atoms with Crippen LogP contribution in [0.2, 0.25) is 0 Å². The zero-order chi connectivity index (χ0) is 15.7. The third-order valence-electron chi connectivity index (χ3n) is 3.66. The summed E-state index contributed by atoms with van der Waals surface area (Å²) in [7, 11) is 0. The predicted molar refractivity (Wildman–Crippen MR) is 85.8 cm³/mol. The lowest BCUT2D eigenvalue weighted by molar-refractivity contribution is -0.139. The van der Waals surface area contributed by atoms with Gasteiger partial charge < -0.3 is 15.7 Å². The Morgan fingerprint density at radius 3 is 2.62 bits per heavy atom. The smallest absolute Gasteiger partial charge is 0.317 e. The maximum absolute atomic E-state index is 11.7. The molecule has 0 spiro atoms. The molecule has 1 rings (SSSR count). The number of carbonyl (C=O) groups excluding carboxylic acids is 1. The maximum Gasteiger partial charge on any atom is 0.317 e. The minimum atomic E-state index is -0.795. The number of carbonyl (C=O) groups is 2. The Bertz CT molecular complexity index is 335. The van der Waals surface area contributed by atoms with Crippen molar-refractivity contribution in [1.29, 1.82) is 0 Å². The van der Waals surface area contributed by atoms with Crippen LogP contribution in [0.3, 0.4) is 0 Å². The van der Waals surface area contributed by atoms with E-state index in [4.69, 9.17) is 5.11 Å². The van der Waals surface area contributed by atoms with E-state index in [9.17, 15) is 9.59 Å². The molecule has 1 aliphatic carbocycles. The van der Waals surface area contributed by atoms with E-state index >= 15 is 0 Å². The fourth-order valence-electron chi connectivity index (χ4n) is 2.43. The molecule has 6 nitrogen and oxygen atoms in total. The van der Waals surface area contributed by atoms with Crippen molar-refractivity contribution in [3.05, 3.63) is 0 Å². The van der Waals surface area contributed by atoms with Crippen molar-refractivity contribution in [2.45, 2.75) is 45.2 Å². The van der Waals surface area contributed by atoms with Crippen molar-refractivity contribution >= 4 is 23.8 Å². The summed E-state index contributed by atoms with van der Waals surface area (Å²) in [5.74, 6) is 1.39. The highest BCUT2D eigenvalue weighted by molar-refractivity contribution is 7.99. The Labute approximate surface area is 131 Å². The number of hydrogen-bond acceptors (Lipinski definition) is 4. The third kappa shape index (κ3) is 7.04. The molecule has 0 atom stereocenters. The van der Waals surface area contributed by atoms with Crippen LogP contribution in [0.1, 0.15) is 33.1 Å². The number of hydrogen-bond donors (Lipinski definition) is 3. The topological polar surface area (TPSA) is 81.7 Å². The molecule has 1 aliphatic rings. The van der Waals surface area contributed by atoms with E-state index in [0.29, 0.717) is 6.54 Å². The van der Waals surface area contributed by atoms with Gasteiger partial charge in [-0.05, 0) is 37.3 Å². The normalized spacial score (nSPS) is 20.9. The van der Waals surface area contributed by atoms with Gasteiger partial charge in [-0.2, -0.15) is 11.8 Å². The lowest BCUT2D eigenvalue weighted by atomic mass is 9.85. The second-order valence-electron chi connectivity index (χ2n) is 5.23. The van der Waals surface area contributed by atoms with Gasteiger partial charge in [0, 0.05) is 18.6 Å². The van der Waals surface area contributed by atoms with Gasteiger partial charge in [0.1, 0.15) is 0 Å². The van der Waals surface area contributed by atoms with Crippen LogP contribution in [0.5, 0.6) is 0 Å². The Kier molecular flexibility index (Phi) is 8.52. The maximum atomic E-state index is 11.7. The number of thioether (sulfide) groups is 1. The van der Waals surface area contributed by atoms with Gasteiger partial charge >= 0.3 is 12.0 Å². The largest absolute Gasteiger partial charge is 0.480 e. The van der Waals surface area contributed by atoms with Gasteiger partial charge in [-0.25, -0.2) is 4.79 Å². The highest BCUT2D eigenvalue weighted by Gasteiger charge is 2.34. The van der Waals surface area contributed by atoms with Gasteiger partial charge in [0.25, 0.3) is 0 Å². The molecule has 0 unspecified atom stereocenters. The average Bonchev–Trinajstić information content (AvgIpc) is 2.39. The summed E-state index contributed by atoms with van der Waals surface area (Å²) in [5.41, 5.74) is 0.